The van der Waals surface area contributed by atoms with E-state index in [0.717, 1.165) is 16.7 Å². The van der Waals surface area contributed by atoms with Crippen LogP contribution in [-0.2, 0) is 6.18 Å². The van der Waals surface area contributed by atoms with Crippen LogP contribution in [0.15, 0.2) is 52.0 Å². The molecule has 4 rings (SSSR count). The molecular weight excluding hydrogens is 401 g/mol. The van der Waals surface area contributed by atoms with Crippen molar-refractivity contribution in [2.24, 2.45) is 0 Å². The number of aromatic nitrogens is 4. The largest absolute Gasteiger partial charge is 0.433 e. The summed E-state index contributed by atoms with van der Waals surface area (Å²) in [6, 6.07) is 7.46. The van der Waals surface area contributed by atoms with Gasteiger partial charge < -0.3 is 4.98 Å². The van der Waals surface area contributed by atoms with Crippen LogP contribution >= 0.6 is 15.9 Å². The molecule has 0 spiro atoms. The van der Waals surface area contributed by atoms with Crippen LogP contribution in [0.1, 0.15) is 5.69 Å². The van der Waals surface area contributed by atoms with Crippen LogP contribution in [0, 0.1) is 0 Å². The van der Waals surface area contributed by atoms with Crippen LogP contribution in [0.3, 0.4) is 0 Å². The van der Waals surface area contributed by atoms with Crippen LogP contribution < -0.4 is 5.69 Å². The van der Waals surface area contributed by atoms with E-state index in [2.05, 4.69) is 30.9 Å². The molecule has 25 heavy (non-hydrogen) atoms. The Morgan fingerprint density at radius 2 is 1.88 bits per heavy atom. The Bertz CT molecular complexity index is 1160. The molecule has 0 saturated heterocycles. The van der Waals surface area contributed by atoms with Gasteiger partial charge in [0.25, 0.3) is 0 Å². The van der Waals surface area contributed by atoms with Gasteiger partial charge in [-0.05, 0) is 30.3 Å². The molecule has 0 aliphatic carbocycles. The van der Waals surface area contributed by atoms with Gasteiger partial charge in [0, 0.05) is 9.86 Å². The summed E-state index contributed by atoms with van der Waals surface area (Å²) in [5, 5.41) is 0.685. The van der Waals surface area contributed by atoms with E-state index in [1.54, 1.807) is 12.1 Å². The fourth-order valence-electron chi connectivity index (χ4n) is 2.69. The quantitative estimate of drug-likeness (QED) is 0.516. The Morgan fingerprint density at radius 1 is 1.08 bits per heavy atom. The average molecular weight is 409 g/mol. The zero-order valence-electron chi connectivity index (χ0n) is 12.3. The second-order valence-corrected chi connectivity index (χ2v) is 6.26. The van der Waals surface area contributed by atoms with Crippen LogP contribution in [0.4, 0.5) is 13.2 Å². The minimum Gasteiger partial charge on any atom is -0.304 e. The third-order valence-corrected chi connectivity index (χ3v) is 4.26. The van der Waals surface area contributed by atoms with Crippen molar-refractivity contribution in [2.75, 3.05) is 0 Å². The van der Waals surface area contributed by atoms with Gasteiger partial charge in [0.2, 0.25) is 0 Å². The number of halogens is 4. The maximum atomic E-state index is 12.7. The second-order valence-electron chi connectivity index (χ2n) is 5.35. The van der Waals surface area contributed by atoms with Crippen LogP contribution in [0.25, 0.3) is 27.6 Å². The predicted octanol–water partition coefficient (Wildman–Crippen LogP) is 4.04. The third-order valence-electron chi connectivity index (χ3n) is 3.77. The van der Waals surface area contributed by atoms with E-state index in [1.807, 2.05) is 6.07 Å². The summed E-state index contributed by atoms with van der Waals surface area (Å²) >= 11 is 3.37. The normalized spacial score (nSPS) is 12.2. The Labute approximate surface area is 146 Å². The number of hydrogen-bond acceptors (Lipinski definition) is 3. The number of aromatic amines is 1. The highest BCUT2D eigenvalue weighted by atomic mass is 79.9. The first-order valence-electron chi connectivity index (χ1n) is 7.07. The first kappa shape index (κ1) is 15.8. The van der Waals surface area contributed by atoms with E-state index >= 15 is 0 Å². The molecule has 1 N–H and O–H groups in total. The van der Waals surface area contributed by atoms with Crippen molar-refractivity contribution in [1.82, 2.24) is 19.5 Å². The molecule has 0 saturated carbocycles. The monoisotopic (exact) mass is 408 g/mol. The Balaban J connectivity index is 2.03. The SMILES string of the molecule is O=c1[nH]c2cnc3ccc(Br)cc3c2n1-c1ccc(C(F)(F)F)nc1. The number of rotatable bonds is 1. The number of benzene rings is 1. The molecule has 3 heterocycles. The van der Waals surface area contributed by atoms with Gasteiger partial charge in [0.1, 0.15) is 5.69 Å². The minimum atomic E-state index is -4.54. The van der Waals surface area contributed by atoms with Crippen molar-refractivity contribution in [3.8, 4) is 5.69 Å². The molecule has 0 aliphatic rings. The summed E-state index contributed by atoms with van der Waals surface area (Å²) in [5.41, 5.74) is 0.401. The lowest BCUT2D eigenvalue weighted by molar-refractivity contribution is -0.141. The Kier molecular flexibility index (Phi) is 3.43. The molecule has 0 atom stereocenters. The fourth-order valence-corrected chi connectivity index (χ4v) is 3.05. The first-order valence-corrected chi connectivity index (χ1v) is 7.86. The molecule has 0 radical (unpaired) electrons. The van der Waals surface area contributed by atoms with Gasteiger partial charge in [-0.3, -0.25) is 9.55 Å². The molecular formula is C16H8BrF3N4O. The maximum Gasteiger partial charge on any atom is 0.433 e. The van der Waals surface area contributed by atoms with Crippen molar-refractivity contribution in [1.29, 1.82) is 0 Å². The lowest BCUT2D eigenvalue weighted by Gasteiger charge is -2.08. The van der Waals surface area contributed by atoms with Crippen molar-refractivity contribution in [2.45, 2.75) is 6.18 Å². The molecule has 1 aromatic carbocycles. The van der Waals surface area contributed by atoms with E-state index in [4.69, 9.17) is 0 Å². The van der Waals surface area contributed by atoms with Crippen molar-refractivity contribution < 1.29 is 13.2 Å². The van der Waals surface area contributed by atoms with E-state index < -0.39 is 17.6 Å². The molecule has 9 heteroatoms. The molecule has 3 aromatic heterocycles. The van der Waals surface area contributed by atoms with Gasteiger partial charge in [-0.1, -0.05) is 15.9 Å². The molecule has 5 nitrogen and oxygen atoms in total. The maximum absolute atomic E-state index is 12.7. The molecule has 126 valence electrons. The first-order chi connectivity index (χ1) is 11.8. The average Bonchev–Trinajstić information content (AvgIpc) is 2.90. The Hall–Kier alpha value is -2.68. The highest BCUT2D eigenvalue weighted by Crippen LogP contribution is 2.29. The standard InChI is InChI=1S/C16H8BrF3N4O/c17-8-1-3-11-10(5-8)14-12(7-21-11)23-15(25)24(14)9-2-4-13(22-6-9)16(18,19)20/h1-7H,(H,23,25). The summed E-state index contributed by atoms with van der Waals surface area (Å²) in [5.74, 6) is 0. The van der Waals surface area contributed by atoms with Gasteiger partial charge in [-0.15, -0.1) is 0 Å². The number of H-pyrrole nitrogens is 1. The number of nitrogens with one attached hydrogen (secondary N) is 1. The number of alkyl halides is 3. The molecule has 0 aliphatic heterocycles. The van der Waals surface area contributed by atoms with Gasteiger partial charge in [0.15, 0.2) is 0 Å². The smallest absolute Gasteiger partial charge is 0.304 e. The van der Waals surface area contributed by atoms with Crippen LogP contribution in [-0.4, -0.2) is 19.5 Å². The van der Waals surface area contributed by atoms with Gasteiger partial charge in [-0.2, -0.15) is 13.2 Å². The summed E-state index contributed by atoms with van der Waals surface area (Å²) in [7, 11) is 0. The van der Waals surface area contributed by atoms with Crippen molar-refractivity contribution >= 4 is 37.9 Å². The Morgan fingerprint density at radius 3 is 2.56 bits per heavy atom. The lowest BCUT2D eigenvalue weighted by Crippen LogP contribution is -2.16. The molecule has 0 fully saturated rings. The topological polar surface area (TPSA) is 63.6 Å². The van der Waals surface area contributed by atoms with Crippen LogP contribution in [0.5, 0.6) is 0 Å². The van der Waals surface area contributed by atoms with Crippen LogP contribution in [0.2, 0.25) is 0 Å². The van der Waals surface area contributed by atoms with Gasteiger partial charge in [-0.25, -0.2) is 9.78 Å². The minimum absolute atomic E-state index is 0.233. The zero-order valence-corrected chi connectivity index (χ0v) is 13.9. The number of pyridine rings is 2. The van der Waals surface area contributed by atoms with E-state index in [9.17, 15) is 18.0 Å². The third kappa shape index (κ3) is 2.60. The highest BCUT2D eigenvalue weighted by Gasteiger charge is 2.32. The zero-order chi connectivity index (χ0) is 17.8. The summed E-state index contributed by atoms with van der Waals surface area (Å²) in [6.07, 6.45) is -1.99. The number of imidazole rings is 1. The molecule has 4 aromatic rings. The van der Waals surface area contributed by atoms with Gasteiger partial charge in [0.05, 0.1) is 34.6 Å². The van der Waals surface area contributed by atoms with E-state index in [1.165, 1.54) is 16.8 Å². The fraction of sp³-hybridized carbons (Fsp3) is 0.0625. The molecule has 0 bridgehead atoms. The second kappa shape index (κ2) is 5.41. The van der Waals surface area contributed by atoms with Crippen molar-refractivity contribution in [3.63, 3.8) is 0 Å². The number of fused-ring (bicyclic) bond motifs is 3. The number of nitrogens with zero attached hydrogens (tertiary/aromatic N) is 3. The van der Waals surface area contributed by atoms with E-state index in [-0.39, 0.29) is 5.69 Å². The predicted molar refractivity (Wildman–Crippen MR) is 89.7 cm³/mol. The van der Waals surface area contributed by atoms with Crippen molar-refractivity contribution in [3.05, 3.63) is 63.4 Å². The van der Waals surface area contributed by atoms with Gasteiger partial charge >= 0.3 is 11.9 Å². The highest BCUT2D eigenvalue weighted by molar-refractivity contribution is 9.10. The lowest BCUT2D eigenvalue weighted by atomic mass is 10.2. The summed E-state index contributed by atoms with van der Waals surface area (Å²) < 4.78 is 40.2. The molecule has 0 amide bonds. The summed E-state index contributed by atoms with van der Waals surface area (Å²) in [6.45, 7) is 0. The van der Waals surface area contributed by atoms with E-state index in [0.29, 0.717) is 21.9 Å². The summed E-state index contributed by atoms with van der Waals surface area (Å²) in [4.78, 5) is 22.7. The molecule has 0 unspecified atom stereocenters. The number of hydrogen-bond donors (Lipinski definition) is 1.